The van der Waals surface area contributed by atoms with Gasteiger partial charge in [0.2, 0.25) is 0 Å². The SMILES string of the molecule is CCCOc1c(CNc2ccc(C(=O)O)cc2)cc(Br)cc1OC. The molecule has 0 fully saturated rings. The van der Waals surface area contributed by atoms with Crippen LogP contribution in [0.1, 0.15) is 29.3 Å². The molecule has 0 aromatic heterocycles. The molecule has 2 N–H and O–H groups in total. The van der Waals surface area contributed by atoms with Crippen molar-refractivity contribution in [2.75, 3.05) is 19.0 Å². The zero-order valence-corrected chi connectivity index (χ0v) is 15.2. The number of halogens is 1. The number of rotatable bonds is 8. The van der Waals surface area contributed by atoms with E-state index in [0.29, 0.717) is 18.9 Å². The first kappa shape index (κ1) is 18.1. The van der Waals surface area contributed by atoms with Crippen LogP contribution in [-0.4, -0.2) is 24.8 Å². The minimum absolute atomic E-state index is 0.261. The van der Waals surface area contributed by atoms with Crippen molar-refractivity contribution in [3.05, 3.63) is 52.0 Å². The fourth-order valence-electron chi connectivity index (χ4n) is 2.20. The molecule has 0 amide bonds. The summed E-state index contributed by atoms with van der Waals surface area (Å²) in [7, 11) is 1.61. The van der Waals surface area contributed by atoms with Crippen molar-refractivity contribution in [2.24, 2.45) is 0 Å². The summed E-state index contributed by atoms with van der Waals surface area (Å²) < 4.78 is 12.2. The number of benzene rings is 2. The Bertz CT molecular complexity index is 701. The smallest absolute Gasteiger partial charge is 0.335 e. The van der Waals surface area contributed by atoms with Crippen LogP contribution in [0.25, 0.3) is 0 Å². The molecule has 2 aromatic rings. The Kier molecular flexibility index (Phi) is 6.49. The predicted molar refractivity (Wildman–Crippen MR) is 97.2 cm³/mol. The molecule has 0 saturated heterocycles. The Morgan fingerprint density at radius 3 is 2.54 bits per heavy atom. The Morgan fingerprint density at radius 2 is 1.96 bits per heavy atom. The molecule has 2 rings (SSSR count). The van der Waals surface area contributed by atoms with Crippen molar-refractivity contribution >= 4 is 27.6 Å². The van der Waals surface area contributed by atoms with E-state index in [4.69, 9.17) is 14.6 Å². The van der Waals surface area contributed by atoms with Gasteiger partial charge in [0.25, 0.3) is 0 Å². The summed E-state index contributed by atoms with van der Waals surface area (Å²) in [5.74, 6) is 0.460. The average Bonchev–Trinajstić information content (AvgIpc) is 2.58. The van der Waals surface area contributed by atoms with Gasteiger partial charge >= 0.3 is 5.97 Å². The van der Waals surface area contributed by atoms with E-state index in [-0.39, 0.29) is 5.56 Å². The van der Waals surface area contributed by atoms with Gasteiger partial charge in [0, 0.05) is 22.3 Å². The van der Waals surface area contributed by atoms with Crippen molar-refractivity contribution in [1.82, 2.24) is 0 Å². The van der Waals surface area contributed by atoms with E-state index >= 15 is 0 Å². The van der Waals surface area contributed by atoms with Crippen LogP contribution in [0.4, 0.5) is 5.69 Å². The second kappa shape index (κ2) is 8.59. The highest BCUT2D eigenvalue weighted by molar-refractivity contribution is 9.10. The van der Waals surface area contributed by atoms with Crippen LogP contribution < -0.4 is 14.8 Å². The van der Waals surface area contributed by atoms with Crippen LogP contribution in [0.15, 0.2) is 40.9 Å². The van der Waals surface area contributed by atoms with Crippen molar-refractivity contribution in [3.8, 4) is 11.5 Å². The highest BCUT2D eigenvalue weighted by Gasteiger charge is 2.13. The number of carboxylic acids is 1. The quantitative estimate of drug-likeness (QED) is 0.687. The lowest BCUT2D eigenvalue weighted by atomic mass is 10.1. The maximum atomic E-state index is 10.9. The van der Waals surface area contributed by atoms with Crippen LogP contribution in [0.2, 0.25) is 0 Å². The second-order valence-corrected chi connectivity index (χ2v) is 6.10. The van der Waals surface area contributed by atoms with Gasteiger partial charge in [-0.25, -0.2) is 4.79 Å². The number of hydrogen-bond acceptors (Lipinski definition) is 4. The third kappa shape index (κ3) is 4.64. The number of aromatic carboxylic acids is 1. The largest absolute Gasteiger partial charge is 0.493 e. The van der Waals surface area contributed by atoms with Gasteiger partial charge in [0.1, 0.15) is 0 Å². The zero-order valence-electron chi connectivity index (χ0n) is 13.6. The maximum Gasteiger partial charge on any atom is 0.335 e. The van der Waals surface area contributed by atoms with Crippen LogP contribution in [-0.2, 0) is 6.54 Å². The number of anilines is 1. The third-order valence-electron chi connectivity index (χ3n) is 3.38. The van der Waals surface area contributed by atoms with Gasteiger partial charge in [-0.05, 0) is 42.8 Å². The molecule has 0 saturated carbocycles. The minimum Gasteiger partial charge on any atom is -0.493 e. The van der Waals surface area contributed by atoms with E-state index in [1.807, 2.05) is 19.1 Å². The van der Waals surface area contributed by atoms with Crippen LogP contribution >= 0.6 is 15.9 Å². The van der Waals surface area contributed by atoms with Gasteiger partial charge in [-0.2, -0.15) is 0 Å². The highest BCUT2D eigenvalue weighted by atomic mass is 79.9. The molecule has 0 spiro atoms. The van der Waals surface area contributed by atoms with Crippen molar-refractivity contribution in [2.45, 2.75) is 19.9 Å². The summed E-state index contributed by atoms with van der Waals surface area (Å²) >= 11 is 3.48. The first-order valence-corrected chi connectivity index (χ1v) is 8.41. The molecule has 0 bridgehead atoms. The summed E-state index contributed by atoms with van der Waals surface area (Å²) in [4.78, 5) is 10.9. The molecule has 24 heavy (non-hydrogen) atoms. The van der Waals surface area contributed by atoms with Gasteiger partial charge in [0.05, 0.1) is 19.3 Å². The summed E-state index contributed by atoms with van der Waals surface area (Å²) in [6, 6.07) is 10.5. The normalized spacial score (nSPS) is 10.3. The first-order valence-electron chi connectivity index (χ1n) is 7.61. The van der Waals surface area contributed by atoms with E-state index in [0.717, 1.165) is 27.9 Å². The highest BCUT2D eigenvalue weighted by Crippen LogP contribution is 2.35. The lowest BCUT2D eigenvalue weighted by Gasteiger charge is -2.16. The van der Waals surface area contributed by atoms with Gasteiger partial charge < -0.3 is 19.9 Å². The van der Waals surface area contributed by atoms with E-state index in [9.17, 15) is 4.79 Å². The summed E-state index contributed by atoms with van der Waals surface area (Å²) in [6.45, 7) is 3.19. The first-order chi connectivity index (χ1) is 11.5. The number of methoxy groups -OCH3 is 1. The monoisotopic (exact) mass is 393 g/mol. The molecule has 2 aromatic carbocycles. The lowest BCUT2D eigenvalue weighted by Crippen LogP contribution is -2.06. The van der Waals surface area contributed by atoms with Crippen molar-refractivity contribution < 1.29 is 19.4 Å². The Balaban J connectivity index is 2.18. The van der Waals surface area contributed by atoms with Gasteiger partial charge in [-0.15, -0.1) is 0 Å². The molecule has 0 aliphatic heterocycles. The number of hydrogen-bond donors (Lipinski definition) is 2. The number of carbonyl (C=O) groups is 1. The van der Waals surface area contributed by atoms with Gasteiger partial charge in [-0.1, -0.05) is 22.9 Å². The summed E-state index contributed by atoms with van der Waals surface area (Å²) in [5.41, 5.74) is 2.05. The zero-order chi connectivity index (χ0) is 17.5. The maximum absolute atomic E-state index is 10.9. The fraction of sp³-hybridized carbons (Fsp3) is 0.278. The Morgan fingerprint density at radius 1 is 1.25 bits per heavy atom. The molecular weight excluding hydrogens is 374 g/mol. The molecule has 0 radical (unpaired) electrons. The lowest BCUT2D eigenvalue weighted by molar-refractivity contribution is 0.0697. The molecular formula is C18H20BrNO4. The van der Waals surface area contributed by atoms with Gasteiger partial charge in [0.15, 0.2) is 11.5 Å². The third-order valence-corrected chi connectivity index (χ3v) is 3.84. The van der Waals surface area contributed by atoms with E-state index < -0.39 is 5.97 Å². The molecule has 0 heterocycles. The van der Waals surface area contributed by atoms with Crippen molar-refractivity contribution in [1.29, 1.82) is 0 Å². The fourth-order valence-corrected chi connectivity index (χ4v) is 2.69. The number of carboxylic acid groups (broad SMARTS) is 1. The van der Waals surface area contributed by atoms with Crippen LogP contribution in [0, 0.1) is 0 Å². The molecule has 0 aliphatic carbocycles. The molecule has 0 unspecified atom stereocenters. The summed E-state index contributed by atoms with van der Waals surface area (Å²) in [6.07, 6.45) is 0.905. The molecule has 6 heteroatoms. The van der Waals surface area contributed by atoms with Crippen LogP contribution in [0.3, 0.4) is 0 Å². The Hall–Kier alpha value is -2.21. The van der Waals surface area contributed by atoms with Crippen LogP contribution in [0.5, 0.6) is 11.5 Å². The minimum atomic E-state index is -0.937. The molecule has 128 valence electrons. The van der Waals surface area contributed by atoms with E-state index in [1.165, 1.54) is 0 Å². The topological polar surface area (TPSA) is 67.8 Å². The standard InChI is InChI=1S/C18H20BrNO4/c1-3-8-24-17-13(9-14(19)10-16(17)23-2)11-20-15-6-4-12(5-7-15)18(21)22/h4-7,9-10,20H,3,8,11H2,1-2H3,(H,21,22). The van der Waals surface area contributed by atoms with Crippen molar-refractivity contribution in [3.63, 3.8) is 0 Å². The summed E-state index contributed by atoms with van der Waals surface area (Å²) in [5, 5.41) is 12.2. The second-order valence-electron chi connectivity index (χ2n) is 5.18. The number of nitrogens with one attached hydrogen (secondary N) is 1. The Labute approximate surface area is 149 Å². The molecule has 0 atom stereocenters. The average molecular weight is 394 g/mol. The predicted octanol–water partition coefficient (Wildman–Crippen LogP) is 4.56. The molecule has 5 nitrogen and oxygen atoms in total. The number of ether oxygens (including phenoxy) is 2. The van der Waals surface area contributed by atoms with E-state index in [2.05, 4.69) is 21.2 Å². The van der Waals surface area contributed by atoms with Gasteiger partial charge in [-0.3, -0.25) is 0 Å². The molecule has 0 aliphatic rings. The van der Waals surface area contributed by atoms with E-state index in [1.54, 1.807) is 31.4 Å².